The first kappa shape index (κ1) is 14.5. The minimum Gasteiger partial charge on any atom is -0.374 e. The maximum atomic E-state index is 13.7. The van der Waals surface area contributed by atoms with Crippen LogP contribution in [-0.4, -0.2) is 0 Å². The first-order valence-corrected chi connectivity index (χ1v) is 7.22. The topological polar surface area (TPSA) is 12.0 Å². The summed E-state index contributed by atoms with van der Waals surface area (Å²) in [6.45, 7) is 1.85. The van der Waals surface area contributed by atoms with E-state index in [0.29, 0.717) is 4.47 Å². The third kappa shape index (κ3) is 3.54. The summed E-state index contributed by atoms with van der Waals surface area (Å²) in [5.74, 6) is -1.23. The highest BCUT2D eigenvalue weighted by molar-refractivity contribution is 9.10. The van der Waals surface area contributed by atoms with Crippen LogP contribution in [0.4, 0.5) is 14.5 Å². The van der Waals surface area contributed by atoms with Crippen LogP contribution in [0.3, 0.4) is 0 Å². The average molecular weight is 391 g/mol. The van der Waals surface area contributed by atoms with Crippen LogP contribution in [0.25, 0.3) is 0 Å². The Morgan fingerprint density at radius 3 is 2.21 bits per heavy atom. The van der Waals surface area contributed by atoms with Gasteiger partial charge in [0.2, 0.25) is 0 Å². The lowest BCUT2D eigenvalue weighted by Crippen LogP contribution is -2.09. The van der Waals surface area contributed by atoms with Crippen molar-refractivity contribution < 1.29 is 8.78 Å². The number of rotatable bonds is 3. The summed E-state index contributed by atoms with van der Waals surface area (Å²) in [6.07, 6.45) is 0. The van der Waals surface area contributed by atoms with Crippen molar-refractivity contribution in [3.63, 3.8) is 0 Å². The Balaban J connectivity index is 2.26. The quantitative estimate of drug-likeness (QED) is 0.712. The second-order valence-electron chi connectivity index (χ2n) is 4.17. The molecule has 1 unspecified atom stereocenters. The largest absolute Gasteiger partial charge is 0.374 e. The molecule has 100 valence electrons. The molecule has 2 rings (SSSR count). The van der Waals surface area contributed by atoms with E-state index in [1.54, 1.807) is 0 Å². The van der Waals surface area contributed by atoms with Gasteiger partial charge < -0.3 is 5.32 Å². The number of benzene rings is 2. The van der Waals surface area contributed by atoms with E-state index in [1.165, 1.54) is 12.1 Å². The molecule has 0 aliphatic heterocycles. The third-order valence-electron chi connectivity index (χ3n) is 2.72. The SMILES string of the molecule is CC(Nc1c(F)cc(Br)cc1F)c1cccc(Br)c1. The average Bonchev–Trinajstić information content (AvgIpc) is 2.33. The Hall–Kier alpha value is -0.940. The van der Waals surface area contributed by atoms with Crippen LogP contribution >= 0.6 is 31.9 Å². The van der Waals surface area contributed by atoms with Crippen LogP contribution < -0.4 is 5.32 Å². The van der Waals surface area contributed by atoms with Crippen LogP contribution in [0.5, 0.6) is 0 Å². The molecular weight excluding hydrogens is 380 g/mol. The predicted octanol–water partition coefficient (Wildman–Crippen LogP) is 5.66. The second-order valence-corrected chi connectivity index (χ2v) is 6.00. The molecule has 0 saturated carbocycles. The summed E-state index contributed by atoms with van der Waals surface area (Å²) >= 11 is 6.43. The Kier molecular flexibility index (Phi) is 4.58. The molecule has 0 spiro atoms. The monoisotopic (exact) mass is 389 g/mol. The van der Waals surface area contributed by atoms with Crippen LogP contribution in [-0.2, 0) is 0 Å². The molecule has 2 aromatic carbocycles. The maximum Gasteiger partial charge on any atom is 0.150 e. The molecule has 2 aromatic rings. The number of nitrogens with one attached hydrogen (secondary N) is 1. The lowest BCUT2D eigenvalue weighted by atomic mass is 10.1. The van der Waals surface area contributed by atoms with E-state index < -0.39 is 11.6 Å². The van der Waals surface area contributed by atoms with Gasteiger partial charge in [-0.2, -0.15) is 0 Å². The van der Waals surface area contributed by atoms with E-state index in [1.807, 2.05) is 31.2 Å². The van der Waals surface area contributed by atoms with Gasteiger partial charge in [0.1, 0.15) is 17.3 Å². The van der Waals surface area contributed by atoms with Crippen molar-refractivity contribution in [2.45, 2.75) is 13.0 Å². The zero-order chi connectivity index (χ0) is 14.0. The van der Waals surface area contributed by atoms with Crippen molar-refractivity contribution in [3.8, 4) is 0 Å². The number of halogens is 4. The van der Waals surface area contributed by atoms with E-state index >= 15 is 0 Å². The normalized spacial score (nSPS) is 12.3. The molecule has 1 atom stereocenters. The van der Waals surface area contributed by atoms with Gasteiger partial charge in [0, 0.05) is 15.0 Å². The molecule has 1 nitrogen and oxygen atoms in total. The van der Waals surface area contributed by atoms with E-state index in [0.717, 1.165) is 10.0 Å². The number of anilines is 1. The summed E-state index contributed by atoms with van der Waals surface area (Å²) in [5, 5.41) is 2.86. The molecule has 0 heterocycles. The van der Waals surface area contributed by atoms with Crippen molar-refractivity contribution in [1.29, 1.82) is 0 Å². The lowest BCUT2D eigenvalue weighted by molar-refractivity contribution is 0.583. The molecule has 0 aromatic heterocycles. The smallest absolute Gasteiger partial charge is 0.150 e. The van der Waals surface area contributed by atoms with Gasteiger partial charge in [-0.3, -0.25) is 0 Å². The van der Waals surface area contributed by atoms with Crippen molar-refractivity contribution in [1.82, 2.24) is 0 Å². The van der Waals surface area contributed by atoms with Gasteiger partial charge >= 0.3 is 0 Å². The van der Waals surface area contributed by atoms with Crippen molar-refractivity contribution in [2.75, 3.05) is 5.32 Å². The lowest BCUT2D eigenvalue weighted by Gasteiger charge is -2.17. The zero-order valence-corrected chi connectivity index (χ0v) is 13.2. The molecule has 0 aliphatic carbocycles. The Bertz CT molecular complexity index is 579. The summed E-state index contributed by atoms with van der Waals surface area (Å²) in [4.78, 5) is 0. The molecule has 0 bridgehead atoms. The fraction of sp³-hybridized carbons (Fsp3) is 0.143. The molecule has 0 fully saturated rings. The molecule has 5 heteroatoms. The number of hydrogen-bond acceptors (Lipinski definition) is 1. The standard InChI is InChI=1S/C14H11Br2F2N/c1-8(9-3-2-4-10(15)5-9)19-14-12(17)6-11(16)7-13(14)18/h2-8,19H,1H3. The van der Waals surface area contributed by atoms with Gasteiger partial charge in [0.25, 0.3) is 0 Å². The highest BCUT2D eigenvalue weighted by atomic mass is 79.9. The minimum atomic E-state index is -0.617. The second kappa shape index (κ2) is 6.01. The van der Waals surface area contributed by atoms with Crippen LogP contribution in [0.2, 0.25) is 0 Å². The molecule has 0 saturated heterocycles. The van der Waals surface area contributed by atoms with Crippen LogP contribution in [0.15, 0.2) is 45.3 Å². The zero-order valence-electron chi connectivity index (χ0n) is 10.1. The molecule has 0 radical (unpaired) electrons. The Morgan fingerprint density at radius 2 is 1.63 bits per heavy atom. The van der Waals surface area contributed by atoms with Gasteiger partial charge in [-0.05, 0) is 36.8 Å². The van der Waals surface area contributed by atoms with Gasteiger partial charge in [-0.25, -0.2) is 8.78 Å². The van der Waals surface area contributed by atoms with E-state index in [9.17, 15) is 8.78 Å². The summed E-state index contributed by atoms with van der Waals surface area (Å²) in [5.41, 5.74) is 0.826. The molecule has 0 amide bonds. The summed E-state index contributed by atoms with van der Waals surface area (Å²) < 4.78 is 28.8. The summed E-state index contributed by atoms with van der Waals surface area (Å²) in [6, 6.07) is 9.85. The first-order valence-electron chi connectivity index (χ1n) is 5.64. The van der Waals surface area contributed by atoms with Gasteiger partial charge in [-0.15, -0.1) is 0 Å². The van der Waals surface area contributed by atoms with E-state index in [-0.39, 0.29) is 11.7 Å². The number of hydrogen-bond donors (Lipinski definition) is 1. The first-order chi connectivity index (χ1) is 8.97. The van der Waals surface area contributed by atoms with Crippen molar-refractivity contribution in [3.05, 3.63) is 62.5 Å². The molecule has 0 aliphatic rings. The highest BCUT2D eigenvalue weighted by Crippen LogP contribution is 2.28. The fourth-order valence-electron chi connectivity index (χ4n) is 1.76. The van der Waals surface area contributed by atoms with Crippen LogP contribution in [0.1, 0.15) is 18.5 Å². The molecular formula is C14H11Br2F2N. The van der Waals surface area contributed by atoms with Gasteiger partial charge in [0.05, 0.1) is 0 Å². The van der Waals surface area contributed by atoms with Gasteiger partial charge in [-0.1, -0.05) is 44.0 Å². The summed E-state index contributed by atoms with van der Waals surface area (Å²) in [7, 11) is 0. The molecule has 1 N–H and O–H groups in total. The highest BCUT2D eigenvalue weighted by Gasteiger charge is 2.14. The van der Waals surface area contributed by atoms with Crippen LogP contribution in [0, 0.1) is 11.6 Å². The predicted molar refractivity (Wildman–Crippen MR) is 80.2 cm³/mol. The Labute approximate surface area is 127 Å². The maximum absolute atomic E-state index is 13.7. The van der Waals surface area contributed by atoms with E-state index in [2.05, 4.69) is 37.2 Å². The molecule has 19 heavy (non-hydrogen) atoms. The van der Waals surface area contributed by atoms with Crippen molar-refractivity contribution in [2.24, 2.45) is 0 Å². The van der Waals surface area contributed by atoms with Crippen molar-refractivity contribution >= 4 is 37.5 Å². The Morgan fingerprint density at radius 1 is 1.00 bits per heavy atom. The van der Waals surface area contributed by atoms with Gasteiger partial charge in [0.15, 0.2) is 0 Å². The minimum absolute atomic E-state index is 0.115. The third-order valence-corrected chi connectivity index (χ3v) is 3.67. The fourth-order valence-corrected chi connectivity index (χ4v) is 2.57. The van der Waals surface area contributed by atoms with E-state index in [4.69, 9.17) is 0 Å².